The molecular weight excluding hydrogens is 250 g/mol. The molecule has 0 saturated carbocycles. The summed E-state index contributed by atoms with van der Waals surface area (Å²) in [7, 11) is 0. The summed E-state index contributed by atoms with van der Waals surface area (Å²) >= 11 is 0. The lowest BCUT2D eigenvalue weighted by molar-refractivity contribution is 0.941. The van der Waals surface area contributed by atoms with Gasteiger partial charge in [-0.3, -0.25) is 0 Å². The third-order valence-electron chi connectivity index (χ3n) is 3.34. The first-order valence-corrected chi connectivity index (χ1v) is 6.49. The number of hydrogen-bond acceptors (Lipinski definition) is 3. The van der Waals surface area contributed by atoms with Crippen LogP contribution in [0.3, 0.4) is 0 Å². The second-order valence-corrected chi connectivity index (χ2v) is 4.96. The number of rotatable bonds is 1. The summed E-state index contributed by atoms with van der Waals surface area (Å²) in [6.07, 6.45) is 1.93. The molecule has 20 heavy (non-hydrogen) atoms. The number of aromatic amines is 1. The minimum atomic E-state index is 0.865. The summed E-state index contributed by atoms with van der Waals surface area (Å²) in [4.78, 5) is 12.0. The van der Waals surface area contributed by atoms with Gasteiger partial charge in [0, 0.05) is 5.56 Å². The van der Waals surface area contributed by atoms with Crippen molar-refractivity contribution in [2.45, 2.75) is 13.8 Å². The molecule has 0 bridgehead atoms. The maximum absolute atomic E-state index is 4.60. The summed E-state index contributed by atoms with van der Waals surface area (Å²) < 4.78 is 1.81. The summed E-state index contributed by atoms with van der Waals surface area (Å²) in [6, 6.07) is 10.1. The van der Waals surface area contributed by atoms with Crippen LogP contribution in [0.2, 0.25) is 0 Å². The van der Waals surface area contributed by atoms with Gasteiger partial charge in [-0.25, -0.2) is 14.5 Å². The first-order valence-electron chi connectivity index (χ1n) is 6.49. The molecule has 0 atom stereocenters. The van der Waals surface area contributed by atoms with Gasteiger partial charge in [-0.2, -0.15) is 5.10 Å². The maximum Gasteiger partial charge on any atom is 0.153 e. The van der Waals surface area contributed by atoms with E-state index in [1.807, 2.05) is 48.8 Å². The Morgan fingerprint density at radius 3 is 2.85 bits per heavy atom. The molecule has 3 heterocycles. The van der Waals surface area contributed by atoms with Gasteiger partial charge < -0.3 is 4.98 Å². The summed E-state index contributed by atoms with van der Waals surface area (Å²) in [6.45, 7) is 3.92. The Bertz CT molecular complexity index is 854. The molecule has 4 rings (SSSR count). The average molecular weight is 263 g/mol. The van der Waals surface area contributed by atoms with Gasteiger partial charge in [0.1, 0.15) is 5.82 Å². The van der Waals surface area contributed by atoms with E-state index >= 15 is 0 Å². The fraction of sp³-hybridized carbons (Fsp3) is 0.133. The van der Waals surface area contributed by atoms with Crippen LogP contribution in [0, 0.1) is 13.8 Å². The number of H-pyrrole nitrogens is 1. The topological polar surface area (TPSA) is 58.9 Å². The molecule has 0 radical (unpaired) electrons. The molecule has 1 N–H and O–H groups in total. The normalized spacial score (nSPS) is 11.5. The Hall–Kier alpha value is -2.69. The first-order chi connectivity index (χ1) is 9.69. The van der Waals surface area contributed by atoms with Crippen molar-refractivity contribution in [3.05, 3.63) is 48.0 Å². The van der Waals surface area contributed by atoms with Crippen molar-refractivity contribution >= 4 is 16.7 Å². The van der Waals surface area contributed by atoms with Crippen molar-refractivity contribution in [1.29, 1.82) is 0 Å². The van der Waals surface area contributed by atoms with Gasteiger partial charge >= 0.3 is 0 Å². The predicted octanol–water partition coefficient (Wildman–Crippen LogP) is 2.89. The highest BCUT2D eigenvalue weighted by atomic mass is 15.2. The Morgan fingerprint density at radius 1 is 1.05 bits per heavy atom. The predicted molar refractivity (Wildman–Crippen MR) is 77.5 cm³/mol. The van der Waals surface area contributed by atoms with Crippen LogP contribution in [0.4, 0.5) is 0 Å². The molecule has 4 aromatic rings. The lowest BCUT2D eigenvalue weighted by Gasteiger charge is -2.01. The molecule has 0 aliphatic rings. The third kappa shape index (κ3) is 1.67. The van der Waals surface area contributed by atoms with Gasteiger partial charge in [0.05, 0.1) is 28.6 Å². The molecule has 0 aliphatic carbocycles. The van der Waals surface area contributed by atoms with Gasteiger partial charge in [0.15, 0.2) is 5.65 Å². The van der Waals surface area contributed by atoms with Crippen LogP contribution < -0.4 is 0 Å². The largest absolute Gasteiger partial charge is 0.342 e. The van der Waals surface area contributed by atoms with E-state index in [1.54, 1.807) is 0 Å². The van der Waals surface area contributed by atoms with Crippen molar-refractivity contribution in [2.75, 3.05) is 0 Å². The van der Waals surface area contributed by atoms with E-state index in [1.165, 1.54) is 0 Å². The van der Waals surface area contributed by atoms with E-state index in [-0.39, 0.29) is 0 Å². The number of hydrogen-bond donors (Lipinski definition) is 1. The van der Waals surface area contributed by atoms with Gasteiger partial charge in [0.25, 0.3) is 0 Å². The number of aromatic nitrogens is 5. The quantitative estimate of drug-likeness (QED) is 0.574. The van der Waals surface area contributed by atoms with Crippen LogP contribution in [0.5, 0.6) is 0 Å². The Kier molecular flexibility index (Phi) is 2.18. The minimum Gasteiger partial charge on any atom is -0.342 e. The Labute approximate surface area is 115 Å². The molecule has 3 aromatic heterocycles. The second-order valence-electron chi connectivity index (χ2n) is 4.96. The van der Waals surface area contributed by atoms with Crippen LogP contribution in [0.1, 0.15) is 11.5 Å². The van der Waals surface area contributed by atoms with E-state index < -0.39 is 0 Å². The number of imidazole rings is 2. The Morgan fingerprint density at radius 2 is 1.95 bits per heavy atom. The van der Waals surface area contributed by atoms with Crippen molar-refractivity contribution in [1.82, 2.24) is 24.6 Å². The van der Waals surface area contributed by atoms with E-state index in [9.17, 15) is 0 Å². The fourth-order valence-corrected chi connectivity index (χ4v) is 2.45. The molecule has 0 saturated heterocycles. The summed E-state index contributed by atoms with van der Waals surface area (Å²) in [5.74, 6) is 0.922. The highest BCUT2D eigenvalue weighted by Gasteiger charge is 2.06. The lowest BCUT2D eigenvalue weighted by Crippen LogP contribution is -1.93. The number of nitrogens with one attached hydrogen (secondary N) is 1. The van der Waals surface area contributed by atoms with Gasteiger partial charge in [-0.15, -0.1) is 0 Å². The molecule has 0 spiro atoms. The zero-order chi connectivity index (χ0) is 13.7. The number of benzene rings is 1. The van der Waals surface area contributed by atoms with Gasteiger partial charge in [-0.05, 0) is 38.1 Å². The molecule has 1 aromatic carbocycles. The average Bonchev–Trinajstić information content (AvgIpc) is 2.97. The second kappa shape index (κ2) is 3.90. The Balaban J connectivity index is 1.90. The van der Waals surface area contributed by atoms with E-state index in [2.05, 4.69) is 26.1 Å². The van der Waals surface area contributed by atoms with Crippen LogP contribution >= 0.6 is 0 Å². The van der Waals surface area contributed by atoms with Crippen LogP contribution in [-0.2, 0) is 0 Å². The molecular formula is C15H13N5. The molecule has 5 heteroatoms. The van der Waals surface area contributed by atoms with Crippen LogP contribution in [0.25, 0.3) is 27.9 Å². The summed E-state index contributed by atoms with van der Waals surface area (Å²) in [5.41, 5.74) is 5.83. The van der Waals surface area contributed by atoms with Crippen molar-refractivity contribution in [3.8, 4) is 11.3 Å². The molecule has 98 valence electrons. The van der Waals surface area contributed by atoms with Gasteiger partial charge in [0.2, 0.25) is 0 Å². The molecule has 0 fully saturated rings. The summed E-state index contributed by atoms with van der Waals surface area (Å²) in [5, 5.41) is 4.60. The van der Waals surface area contributed by atoms with E-state index in [0.29, 0.717) is 0 Å². The van der Waals surface area contributed by atoms with Crippen LogP contribution in [-0.4, -0.2) is 24.6 Å². The zero-order valence-corrected chi connectivity index (χ0v) is 11.3. The van der Waals surface area contributed by atoms with Crippen molar-refractivity contribution in [2.24, 2.45) is 0 Å². The van der Waals surface area contributed by atoms with Gasteiger partial charge in [-0.1, -0.05) is 6.07 Å². The minimum absolute atomic E-state index is 0.865. The lowest BCUT2D eigenvalue weighted by atomic mass is 10.1. The van der Waals surface area contributed by atoms with Crippen molar-refractivity contribution in [3.63, 3.8) is 0 Å². The highest BCUT2D eigenvalue weighted by Crippen LogP contribution is 2.22. The first kappa shape index (κ1) is 11.2. The van der Waals surface area contributed by atoms with Crippen LogP contribution in [0.15, 0.2) is 36.5 Å². The number of aryl methyl sites for hydroxylation is 2. The molecule has 0 amide bonds. The van der Waals surface area contributed by atoms with E-state index in [4.69, 9.17) is 0 Å². The number of nitrogens with zero attached hydrogens (tertiary/aromatic N) is 4. The number of fused-ring (bicyclic) bond motifs is 2. The zero-order valence-electron chi connectivity index (χ0n) is 11.3. The smallest absolute Gasteiger partial charge is 0.153 e. The maximum atomic E-state index is 4.60. The molecule has 0 aliphatic heterocycles. The van der Waals surface area contributed by atoms with Crippen molar-refractivity contribution < 1.29 is 0 Å². The standard InChI is InChI=1S/C15H13N5/c1-9-8-20-15(16-9)6-5-12(19-20)11-3-4-13-14(7-11)18-10(2)17-13/h3-8H,1-2H3,(H,17,18). The fourth-order valence-electron chi connectivity index (χ4n) is 2.45. The highest BCUT2D eigenvalue weighted by molar-refractivity contribution is 5.81. The molecule has 0 unspecified atom stereocenters. The van der Waals surface area contributed by atoms with E-state index in [0.717, 1.165) is 39.5 Å². The SMILES string of the molecule is Cc1cn2nc(-c3ccc4nc(C)[nH]c4c3)ccc2n1. The molecule has 5 nitrogen and oxygen atoms in total. The monoisotopic (exact) mass is 263 g/mol. The third-order valence-corrected chi connectivity index (χ3v) is 3.34.